The fraction of sp³-hybridized carbons (Fsp3) is 0.321. The summed E-state index contributed by atoms with van der Waals surface area (Å²) in [6.07, 6.45) is 0.0960. The number of allylic oxidation sites excluding steroid dienone is 2. The number of nitrogens with one attached hydrogen (secondary N) is 1. The van der Waals surface area contributed by atoms with Gasteiger partial charge in [-0.1, -0.05) is 48.0 Å². The summed E-state index contributed by atoms with van der Waals surface area (Å²) in [5.74, 6) is -0.949. The van der Waals surface area contributed by atoms with Crippen LogP contribution in [0.15, 0.2) is 76.0 Å². The van der Waals surface area contributed by atoms with Crippen LogP contribution in [-0.4, -0.2) is 25.2 Å². The number of hydrogen-bond acceptors (Lipinski definition) is 7. The number of carbonyl (C=O) groups excluding carboxylic acids is 2. The minimum absolute atomic E-state index is 0.0138. The van der Waals surface area contributed by atoms with Gasteiger partial charge in [-0.25, -0.2) is 9.59 Å². The maximum absolute atomic E-state index is 13.2. The summed E-state index contributed by atoms with van der Waals surface area (Å²) in [7, 11) is 0. The zero-order valence-corrected chi connectivity index (χ0v) is 21.3. The fourth-order valence-electron chi connectivity index (χ4n) is 4.02. The van der Waals surface area contributed by atoms with Crippen LogP contribution >= 0.6 is 11.8 Å². The van der Waals surface area contributed by atoms with Gasteiger partial charge < -0.3 is 14.8 Å². The number of benzene rings is 2. The van der Waals surface area contributed by atoms with Gasteiger partial charge >= 0.3 is 11.9 Å². The van der Waals surface area contributed by atoms with E-state index in [0.717, 1.165) is 16.2 Å². The van der Waals surface area contributed by atoms with E-state index in [1.165, 1.54) is 11.1 Å². The lowest BCUT2D eigenvalue weighted by Gasteiger charge is -2.31. The molecule has 1 N–H and O–H groups in total. The Morgan fingerprint density at radius 1 is 0.971 bits per heavy atom. The zero-order chi connectivity index (χ0) is 25.4. The van der Waals surface area contributed by atoms with Gasteiger partial charge in [-0.3, -0.25) is 0 Å². The normalized spacial score (nSPS) is 15.3. The first-order chi connectivity index (χ1) is 16.9. The van der Waals surface area contributed by atoms with Crippen molar-refractivity contribution in [3.05, 3.63) is 87.8 Å². The van der Waals surface area contributed by atoms with Crippen LogP contribution in [0.2, 0.25) is 0 Å². The highest BCUT2D eigenvalue weighted by molar-refractivity contribution is 7.98. The van der Waals surface area contributed by atoms with Crippen molar-refractivity contribution in [3.63, 3.8) is 0 Å². The van der Waals surface area contributed by atoms with Crippen molar-refractivity contribution in [3.8, 4) is 6.07 Å². The second-order valence-corrected chi connectivity index (χ2v) is 9.23. The lowest BCUT2D eigenvalue weighted by Crippen LogP contribution is -2.32. The molecule has 3 rings (SSSR count). The summed E-state index contributed by atoms with van der Waals surface area (Å²) < 4.78 is 10.8. The fourth-order valence-corrected chi connectivity index (χ4v) is 5.06. The minimum Gasteiger partial charge on any atom is -0.463 e. The van der Waals surface area contributed by atoms with Crippen molar-refractivity contribution < 1.29 is 19.1 Å². The van der Waals surface area contributed by atoms with E-state index < -0.39 is 17.9 Å². The van der Waals surface area contributed by atoms with E-state index in [0.29, 0.717) is 22.5 Å². The summed E-state index contributed by atoms with van der Waals surface area (Å²) in [4.78, 5) is 27.3. The molecule has 0 spiro atoms. The molecule has 35 heavy (non-hydrogen) atoms. The molecule has 0 bridgehead atoms. The van der Waals surface area contributed by atoms with Gasteiger partial charge in [0.15, 0.2) is 0 Å². The van der Waals surface area contributed by atoms with Gasteiger partial charge in [0.25, 0.3) is 0 Å². The topological polar surface area (TPSA) is 88.4 Å². The quantitative estimate of drug-likeness (QED) is 0.280. The Morgan fingerprint density at radius 3 is 2.23 bits per heavy atom. The highest BCUT2D eigenvalue weighted by Crippen LogP contribution is 2.43. The van der Waals surface area contributed by atoms with Crippen LogP contribution in [0.4, 0.5) is 0 Å². The molecule has 1 aliphatic heterocycles. The maximum Gasteiger partial charge on any atom is 0.336 e. The lowest BCUT2D eigenvalue weighted by molar-refractivity contribution is -0.139. The molecular formula is C28H30N2O4S. The van der Waals surface area contributed by atoms with Crippen LogP contribution < -0.4 is 5.32 Å². The summed E-state index contributed by atoms with van der Waals surface area (Å²) in [5, 5.41) is 12.0. The molecule has 1 heterocycles. The highest BCUT2D eigenvalue weighted by atomic mass is 32.2. The third kappa shape index (κ3) is 6.34. The number of nitriles is 1. The molecule has 6 nitrogen and oxygen atoms in total. The molecule has 0 fully saturated rings. The van der Waals surface area contributed by atoms with Gasteiger partial charge in [-0.2, -0.15) is 5.26 Å². The van der Waals surface area contributed by atoms with E-state index in [-0.39, 0.29) is 19.6 Å². The molecule has 1 atom stereocenters. The predicted octanol–water partition coefficient (Wildman–Crippen LogP) is 5.54. The third-order valence-corrected chi connectivity index (χ3v) is 6.83. The maximum atomic E-state index is 13.2. The number of carbonyl (C=O) groups is 2. The van der Waals surface area contributed by atoms with E-state index in [9.17, 15) is 9.59 Å². The molecule has 0 saturated carbocycles. The Balaban J connectivity index is 2.05. The number of thioether (sulfide) groups is 1. The molecule has 0 amide bonds. The molecule has 7 heteroatoms. The lowest BCUT2D eigenvalue weighted by atomic mass is 9.80. The number of rotatable bonds is 9. The molecule has 1 unspecified atom stereocenters. The number of aryl methyl sites for hydroxylation is 1. The summed E-state index contributed by atoms with van der Waals surface area (Å²) in [6, 6.07) is 18.1. The van der Waals surface area contributed by atoms with Crippen molar-refractivity contribution in [2.45, 2.75) is 50.7 Å². The average Bonchev–Trinajstić information content (AvgIpc) is 2.83. The molecule has 0 saturated heterocycles. The van der Waals surface area contributed by atoms with Crippen LogP contribution in [0.1, 0.15) is 49.8 Å². The Hall–Kier alpha value is -3.50. The molecule has 2 aromatic rings. The molecule has 182 valence electrons. The first kappa shape index (κ1) is 26.1. The summed E-state index contributed by atoms with van der Waals surface area (Å²) in [5.41, 5.74) is 5.20. The van der Waals surface area contributed by atoms with Crippen molar-refractivity contribution >= 4 is 23.7 Å². The molecule has 0 radical (unpaired) electrons. The van der Waals surface area contributed by atoms with E-state index in [1.807, 2.05) is 37.3 Å². The van der Waals surface area contributed by atoms with Crippen LogP contribution in [0, 0.1) is 18.3 Å². The Bertz CT molecular complexity index is 1190. The molecule has 0 aliphatic carbocycles. The largest absolute Gasteiger partial charge is 0.463 e. The van der Waals surface area contributed by atoms with Crippen LogP contribution in [0.25, 0.3) is 0 Å². The first-order valence-electron chi connectivity index (χ1n) is 11.5. The van der Waals surface area contributed by atoms with Crippen molar-refractivity contribution in [2.75, 3.05) is 13.2 Å². The number of hydrogen-bond donors (Lipinski definition) is 1. The van der Waals surface area contributed by atoms with Crippen LogP contribution in [0.5, 0.6) is 0 Å². The molecule has 1 aliphatic rings. The first-order valence-corrected chi connectivity index (χ1v) is 12.5. The second kappa shape index (κ2) is 12.3. The zero-order valence-electron chi connectivity index (χ0n) is 20.5. The molecular weight excluding hydrogens is 460 g/mol. The van der Waals surface area contributed by atoms with Crippen molar-refractivity contribution in [1.82, 2.24) is 5.32 Å². The summed E-state index contributed by atoms with van der Waals surface area (Å²) in [6.45, 7) is 7.62. The molecule has 2 aromatic carbocycles. The van der Waals surface area contributed by atoms with Gasteiger partial charge in [-0.05, 0) is 44.9 Å². The third-order valence-electron chi connectivity index (χ3n) is 5.67. The van der Waals surface area contributed by atoms with Gasteiger partial charge in [0, 0.05) is 22.0 Å². The Labute approximate surface area is 211 Å². The van der Waals surface area contributed by atoms with Crippen LogP contribution in [-0.2, 0) is 24.8 Å². The van der Waals surface area contributed by atoms with E-state index in [4.69, 9.17) is 14.7 Å². The van der Waals surface area contributed by atoms with Gasteiger partial charge in [0.05, 0.1) is 36.2 Å². The predicted molar refractivity (Wildman–Crippen MR) is 136 cm³/mol. The highest BCUT2D eigenvalue weighted by Gasteiger charge is 2.39. The SMILES string of the molecule is CCOC(=O)C1=C(C)NC(C)=C(C(=O)OCCC#N)C1c1ccccc1SCc1ccc(C)cc1. The number of nitrogens with zero attached hydrogens (tertiary/aromatic N) is 1. The minimum atomic E-state index is -0.661. The van der Waals surface area contributed by atoms with Crippen molar-refractivity contribution in [1.29, 1.82) is 5.26 Å². The van der Waals surface area contributed by atoms with Crippen molar-refractivity contribution in [2.24, 2.45) is 0 Å². The monoisotopic (exact) mass is 490 g/mol. The van der Waals surface area contributed by atoms with Gasteiger partial charge in [-0.15, -0.1) is 11.8 Å². The van der Waals surface area contributed by atoms with E-state index in [1.54, 1.807) is 25.6 Å². The van der Waals surface area contributed by atoms with Gasteiger partial charge in [0.2, 0.25) is 0 Å². The van der Waals surface area contributed by atoms with E-state index >= 15 is 0 Å². The van der Waals surface area contributed by atoms with E-state index in [2.05, 4.69) is 36.5 Å². The number of ether oxygens (including phenoxy) is 2. The number of dihydropyridines is 1. The molecule has 0 aromatic heterocycles. The second-order valence-electron chi connectivity index (χ2n) is 8.21. The Morgan fingerprint density at radius 2 is 1.60 bits per heavy atom. The van der Waals surface area contributed by atoms with Gasteiger partial charge in [0.1, 0.15) is 6.61 Å². The smallest absolute Gasteiger partial charge is 0.336 e. The average molecular weight is 491 g/mol. The Kier molecular flexibility index (Phi) is 9.16. The van der Waals surface area contributed by atoms with Crippen LogP contribution in [0.3, 0.4) is 0 Å². The summed E-state index contributed by atoms with van der Waals surface area (Å²) >= 11 is 1.65. The number of esters is 2. The standard InChI is InChI=1S/C28H30N2O4S/c1-5-33-27(31)24-19(3)30-20(4)25(28(32)34-16-8-15-29)26(24)22-9-6-7-10-23(22)35-17-21-13-11-18(2)12-14-21/h6-7,9-14,26,30H,5,8,16-17H2,1-4H3.